The summed E-state index contributed by atoms with van der Waals surface area (Å²) in [4.78, 5) is 4.49. The second-order valence-electron chi connectivity index (χ2n) is 6.37. The molecule has 2 aliphatic heterocycles. The van der Waals surface area contributed by atoms with E-state index < -0.39 is 0 Å². The van der Waals surface area contributed by atoms with E-state index in [-0.39, 0.29) is 5.54 Å². The molecule has 3 unspecified atom stereocenters. The van der Waals surface area contributed by atoms with Gasteiger partial charge in [0, 0.05) is 5.54 Å². The van der Waals surface area contributed by atoms with Gasteiger partial charge < -0.3 is 14.6 Å². The van der Waals surface area contributed by atoms with Gasteiger partial charge in [-0.15, -0.1) is 0 Å². The van der Waals surface area contributed by atoms with Gasteiger partial charge in [-0.3, -0.25) is 0 Å². The maximum absolute atomic E-state index is 5.83. The first-order valence-electron chi connectivity index (χ1n) is 6.74. The highest BCUT2D eigenvalue weighted by molar-refractivity contribution is 5.06. The lowest BCUT2D eigenvalue weighted by molar-refractivity contribution is 0.0996. The van der Waals surface area contributed by atoms with Crippen LogP contribution >= 0.6 is 0 Å². The lowest BCUT2D eigenvalue weighted by atomic mass is 9.89. The van der Waals surface area contributed by atoms with Crippen LogP contribution in [0.2, 0.25) is 0 Å². The van der Waals surface area contributed by atoms with Gasteiger partial charge in [0.25, 0.3) is 0 Å². The Morgan fingerprint density at radius 1 is 1.33 bits per heavy atom. The Hall–Kier alpha value is -0.940. The summed E-state index contributed by atoms with van der Waals surface area (Å²) in [6.45, 7) is 6.98. The van der Waals surface area contributed by atoms with Gasteiger partial charge in [0.15, 0.2) is 5.82 Å². The Labute approximate surface area is 107 Å². The van der Waals surface area contributed by atoms with E-state index in [1.54, 1.807) is 0 Å². The van der Waals surface area contributed by atoms with Crippen molar-refractivity contribution < 1.29 is 9.26 Å². The first-order valence-corrected chi connectivity index (χ1v) is 6.74. The van der Waals surface area contributed by atoms with Gasteiger partial charge in [-0.1, -0.05) is 5.16 Å². The van der Waals surface area contributed by atoms with Crippen molar-refractivity contribution in [2.24, 2.45) is 0 Å². The number of nitrogens with zero attached hydrogens (tertiary/aromatic N) is 2. The predicted molar refractivity (Wildman–Crippen MR) is 66.1 cm³/mol. The molecule has 1 aromatic heterocycles. The van der Waals surface area contributed by atoms with Crippen LogP contribution in [-0.2, 0) is 11.3 Å². The number of aromatic nitrogens is 2. The topological polar surface area (TPSA) is 60.2 Å². The summed E-state index contributed by atoms with van der Waals surface area (Å²) >= 11 is 0. The lowest BCUT2D eigenvalue weighted by Gasteiger charge is -2.18. The molecule has 2 fully saturated rings. The van der Waals surface area contributed by atoms with Crippen LogP contribution in [0.1, 0.15) is 57.7 Å². The lowest BCUT2D eigenvalue weighted by Crippen LogP contribution is -2.35. The first kappa shape index (κ1) is 12.1. The van der Waals surface area contributed by atoms with E-state index in [2.05, 4.69) is 36.2 Å². The van der Waals surface area contributed by atoms with Crippen molar-refractivity contribution in [2.75, 3.05) is 0 Å². The van der Waals surface area contributed by atoms with E-state index in [1.165, 1.54) is 6.42 Å². The van der Waals surface area contributed by atoms with E-state index >= 15 is 0 Å². The van der Waals surface area contributed by atoms with Gasteiger partial charge in [-0.05, 0) is 40.0 Å². The predicted octanol–water partition coefficient (Wildman–Crippen LogP) is 1.99. The molecule has 0 aromatic carbocycles. The smallest absolute Gasteiger partial charge is 0.240 e. The van der Waals surface area contributed by atoms with Crippen molar-refractivity contribution in [1.29, 1.82) is 0 Å². The molecule has 2 bridgehead atoms. The Morgan fingerprint density at radius 2 is 2.17 bits per heavy atom. The molecule has 3 rings (SSSR count). The van der Waals surface area contributed by atoms with Crippen LogP contribution in [0.5, 0.6) is 0 Å². The minimum atomic E-state index is 0.0597. The van der Waals surface area contributed by atoms with Crippen LogP contribution in [0.15, 0.2) is 4.52 Å². The Kier molecular flexibility index (Phi) is 2.90. The Balaban J connectivity index is 1.63. The molecule has 2 saturated heterocycles. The van der Waals surface area contributed by atoms with Crippen molar-refractivity contribution in [3.63, 3.8) is 0 Å². The molecule has 0 amide bonds. The highest BCUT2D eigenvalue weighted by atomic mass is 16.5. The second kappa shape index (κ2) is 4.31. The maximum atomic E-state index is 5.83. The van der Waals surface area contributed by atoms with E-state index in [1.807, 2.05) is 0 Å². The molecule has 2 aliphatic rings. The summed E-state index contributed by atoms with van der Waals surface area (Å²) in [7, 11) is 0. The zero-order chi connectivity index (χ0) is 12.8. The molecule has 100 valence electrons. The van der Waals surface area contributed by atoms with Gasteiger partial charge >= 0.3 is 0 Å². The highest BCUT2D eigenvalue weighted by Gasteiger charge is 2.43. The normalized spacial score (nSPS) is 31.2. The summed E-state index contributed by atoms with van der Waals surface area (Å²) < 4.78 is 11.1. The molecule has 3 heterocycles. The molecule has 3 atom stereocenters. The van der Waals surface area contributed by atoms with Crippen molar-refractivity contribution in [2.45, 2.75) is 70.2 Å². The number of rotatable bonds is 3. The highest BCUT2D eigenvalue weighted by Crippen LogP contribution is 2.43. The number of nitrogens with one attached hydrogen (secondary N) is 1. The minimum Gasteiger partial charge on any atom is -0.374 e. The zero-order valence-electron chi connectivity index (χ0n) is 11.3. The number of hydrogen-bond acceptors (Lipinski definition) is 5. The summed E-state index contributed by atoms with van der Waals surface area (Å²) in [5.41, 5.74) is 0.0597. The van der Waals surface area contributed by atoms with Gasteiger partial charge in [0.05, 0.1) is 24.7 Å². The summed E-state index contributed by atoms with van der Waals surface area (Å²) in [6.07, 6.45) is 4.12. The van der Waals surface area contributed by atoms with Crippen LogP contribution in [-0.4, -0.2) is 27.9 Å². The standard InChI is InChI=1S/C13H21N3O2/c1-13(2,3)14-7-11-15-12(16-18-11)9-6-8-4-5-10(9)17-8/h8-10,14H,4-7H2,1-3H3. The fourth-order valence-electron chi connectivity index (χ4n) is 2.74. The SMILES string of the molecule is CC(C)(C)NCc1nc(C2CC3CCC2O3)no1. The average Bonchev–Trinajstić information content (AvgIpc) is 3.01. The average molecular weight is 251 g/mol. The Bertz CT molecular complexity index is 424. The van der Waals surface area contributed by atoms with Crippen molar-refractivity contribution in [3.05, 3.63) is 11.7 Å². The summed E-state index contributed by atoms with van der Waals surface area (Å²) in [6, 6.07) is 0. The van der Waals surface area contributed by atoms with Crippen molar-refractivity contribution in [1.82, 2.24) is 15.5 Å². The molecule has 18 heavy (non-hydrogen) atoms. The van der Waals surface area contributed by atoms with Crippen LogP contribution in [0, 0.1) is 0 Å². The second-order valence-corrected chi connectivity index (χ2v) is 6.37. The molecule has 1 N–H and O–H groups in total. The minimum absolute atomic E-state index is 0.0597. The number of hydrogen-bond donors (Lipinski definition) is 1. The fourth-order valence-corrected chi connectivity index (χ4v) is 2.74. The molecule has 1 aromatic rings. The van der Waals surface area contributed by atoms with Crippen LogP contribution in [0.4, 0.5) is 0 Å². The fraction of sp³-hybridized carbons (Fsp3) is 0.846. The number of fused-ring (bicyclic) bond motifs is 2. The third kappa shape index (κ3) is 2.42. The van der Waals surface area contributed by atoms with Gasteiger partial charge in [0.1, 0.15) is 0 Å². The molecule has 0 radical (unpaired) electrons. The molecular weight excluding hydrogens is 230 g/mol. The van der Waals surface area contributed by atoms with E-state index in [4.69, 9.17) is 9.26 Å². The molecule has 5 nitrogen and oxygen atoms in total. The zero-order valence-corrected chi connectivity index (χ0v) is 11.3. The van der Waals surface area contributed by atoms with E-state index in [0.717, 1.165) is 18.7 Å². The summed E-state index contributed by atoms with van der Waals surface area (Å²) in [5.74, 6) is 1.84. The molecular formula is C13H21N3O2. The van der Waals surface area contributed by atoms with Crippen molar-refractivity contribution >= 4 is 0 Å². The van der Waals surface area contributed by atoms with Crippen LogP contribution in [0.3, 0.4) is 0 Å². The monoisotopic (exact) mass is 251 g/mol. The summed E-state index contributed by atoms with van der Waals surface area (Å²) in [5, 5.41) is 7.46. The Morgan fingerprint density at radius 3 is 2.78 bits per heavy atom. The molecule has 0 aliphatic carbocycles. The molecule has 0 saturated carbocycles. The largest absolute Gasteiger partial charge is 0.374 e. The van der Waals surface area contributed by atoms with Crippen LogP contribution < -0.4 is 5.32 Å². The van der Waals surface area contributed by atoms with Crippen LogP contribution in [0.25, 0.3) is 0 Å². The quantitative estimate of drug-likeness (QED) is 0.890. The van der Waals surface area contributed by atoms with E-state index in [0.29, 0.717) is 30.6 Å². The van der Waals surface area contributed by atoms with E-state index in [9.17, 15) is 0 Å². The molecule has 5 heteroatoms. The van der Waals surface area contributed by atoms with Gasteiger partial charge in [0.2, 0.25) is 5.89 Å². The first-order chi connectivity index (χ1) is 8.51. The third-order valence-corrected chi connectivity index (χ3v) is 3.69. The van der Waals surface area contributed by atoms with Gasteiger partial charge in [-0.2, -0.15) is 4.98 Å². The number of ether oxygens (including phenoxy) is 1. The third-order valence-electron chi connectivity index (χ3n) is 3.69. The van der Waals surface area contributed by atoms with Crippen molar-refractivity contribution in [3.8, 4) is 0 Å². The maximum Gasteiger partial charge on any atom is 0.240 e. The molecule has 0 spiro atoms. The van der Waals surface area contributed by atoms with Gasteiger partial charge in [-0.25, -0.2) is 0 Å².